The molecular weight excluding hydrogens is 280 g/mol. The van der Waals surface area contributed by atoms with Gasteiger partial charge in [0.05, 0.1) is 17.6 Å². The number of nitrogens with one attached hydrogen (secondary N) is 1. The number of carbonyl (C=O) groups excluding carboxylic acids is 1. The summed E-state index contributed by atoms with van der Waals surface area (Å²) in [5.74, 6) is 0.376. The van der Waals surface area contributed by atoms with Crippen molar-refractivity contribution in [3.8, 4) is 0 Å². The lowest BCUT2D eigenvalue weighted by Gasteiger charge is -2.14. The Balaban J connectivity index is 1.90. The van der Waals surface area contributed by atoms with Gasteiger partial charge in [-0.1, -0.05) is 11.6 Å². The number of carbonyl (C=O) groups is 1. The molecule has 0 aliphatic rings. The third kappa shape index (κ3) is 3.76. The number of amides is 1. The van der Waals surface area contributed by atoms with E-state index in [2.05, 4.69) is 5.32 Å². The van der Waals surface area contributed by atoms with E-state index in [0.717, 1.165) is 0 Å². The molecule has 3 N–H and O–H groups in total. The zero-order valence-corrected chi connectivity index (χ0v) is 11.7. The SMILES string of the molecule is CC(OCc1ccco1)C(=O)Nc1ccc(Cl)cc1N. The predicted octanol–water partition coefficient (Wildman–Crippen LogP) is 3.06. The molecule has 0 aliphatic carbocycles. The van der Waals surface area contributed by atoms with Crippen LogP contribution in [0.4, 0.5) is 11.4 Å². The summed E-state index contributed by atoms with van der Waals surface area (Å²) in [6, 6.07) is 8.42. The van der Waals surface area contributed by atoms with Gasteiger partial charge in [0.2, 0.25) is 0 Å². The van der Waals surface area contributed by atoms with Gasteiger partial charge >= 0.3 is 0 Å². The van der Waals surface area contributed by atoms with Crippen molar-refractivity contribution in [1.29, 1.82) is 0 Å². The van der Waals surface area contributed by atoms with Crippen LogP contribution in [0, 0.1) is 0 Å². The molecule has 0 saturated carbocycles. The molecule has 1 atom stereocenters. The largest absolute Gasteiger partial charge is 0.467 e. The fourth-order valence-corrected chi connectivity index (χ4v) is 1.74. The number of benzene rings is 1. The summed E-state index contributed by atoms with van der Waals surface area (Å²) in [7, 11) is 0. The van der Waals surface area contributed by atoms with Gasteiger partial charge < -0.3 is 20.2 Å². The number of anilines is 2. The summed E-state index contributed by atoms with van der Waals surface area (Å²) in [5, 5.41) is 3.21. The average Bonchev–Trinajstić information content (AvgIpc) is 2.92. The Morgan fingerprint density at radius 3 is 2.95 bits per heavy atom. The number of hydrogen-bond donors (Lipinski definition) is 2. The highest BCUT2D eigenvalue weighted by Crippen LogP contribution is 2.22. The second kappa shape index (κ2) is 6.45. The van der Waals surface area contributed by atoms with Crippen LogP contribution in [-0.4, -0.2) is 12.0 Å². The second-order valence-electron chi connectivity index (χ2n) is 4.25. The molecule has 1 unspecified atom stereocenters. The Morgan fingerprint density at radius 1 is 1.50 bits per heavy atom. The molecule has 6 heteroatoms. The molecule has 0 spiro atoms. The summed E-state index contributed by atoms with van der Waals surface area (Å²) >= 11 is 5.80. The van der Waals surface area contributed by atoms with Gasteiger partial charge in [-0.15, -0.1) is 0 Å². The van der Waals surface area contributed by atoms with Gasteiger partial charge in [0.15, 0.2) is 0 Å². The fraction of sp³-hybridized carbons (Fsp3) is 0.214. The molecule has 2 rings (SSSR count). The molecular formula is C14H15ClN2O3. The van der Waals surface area contributed by atoms with Crippen LogP contribution < -0.4 is 11.1 Å². The van der Waals surface area contributed by atoms with Crippen molar-refractivity contribution in [1.82, 2.24) is 0 Å². The van der Waals surface area contributed by atoms with Crippen LogP contribution in [0.25, 0.3) is 0 Å². The lowest BCUT2D eigenvalue weighted by molar-refractivity contribution is -0.127. The molecule has 1 aromatic carbocycles. The Hall–Kier alpha value is -1.98. The Kier molecular flexibility index (Phi) is 4.65. The van der Waals surface area contributed by atoms with E-state index >= 15 is 0 Å². The maximum Gasteiger partial charge on any atom is 0.253 e. The van der Waals surface area contributed by atoms with E-state index in [-0.39, 0.29) is 12.5 Å². The van der Waals surface area contributed by atoms with Crippen molar-refractivity contribution in [2.24, 2.45) is 0 Å². The van der Waals surface area contributed by atoms with E-state index in [0.29, 0.717) is 22.2 Å². The maximum absolute atomic E-state index is 12.0. The molecule has 2 aromatic rings. The van der Waals surface area contributed by atoms with Crippen molar-refractivity contribution in [3.63, 3.8) is 0 Å². The van der Waals surface area contributed by atoms with Crippen LogP contribution in [0.3, 0.4) is 0 Å². The van der Waals surface area contributed by atoms with Crippen LogP contribution in [0.2, 0.25) is 5.02 Å². The van der Waals surface area contributed by atoms with E-state index in [9.17, 15) is 4.79 Å². The molecule has 1 aromatic heterocycles. The number of nitrogen functional groups attached to an aromatic ring is 1. The van der Waals surface area contributed by atoms with Gasteiger partial charge in [-0.05, 0) is 37.3 Å². The predicted molar refractivity (Wildman–Crippen MR) is 77.5 cm³/mol. The highest BCUT2D eigenvalue weighted by molar-refractivity contribution is 6.31. The summed E-state index contributed by atoms with van der Waals surface area (Å²) in [5.41, 5.74) is 6.68. The number of hydrogen-bond acceptors (Lipinski definition) is 4. The minimum atomic E-state index is -0.629. The number of halogens is 1. The number of rotatable bonds is 5. The van der Waals surface area contributed by atoms with Crippen molar-refractivity contribution >= 4 is 28.9 Å². The lowest BCUT2D eigenvalue weighted by atomic mass is 10.2. The summed E-state index contributed by atoms with van der Waals surface area (Å²) in [6.45, 7) is 1.89. The maximum atomic E-state index is 12.0. The first-order valence-corrected chi connectivity index (χ1v) is 6.44. The minimum absolute atomic E-state index is 0.234. The zero-order chi connectivity index (χ0) is 14.5. The van der Waals surface area contributed by atoms with E-state index in [4.69, 9.17) is 26.5 Å². The summed E-state index contributed by atoms with van der Waals surface area (Å²) in [4.78, 5) is 12.0. The lowest BCUT2D eigenvalue weighted by Crippen LogP contribution is -2.27. The molecule has 0 radical (unpaired) electrons. The fourth-order valence-electron chi connectivity index (χ4n) is 1.56. The first-order chi connectivity index (χ1) is 9.56. The molecule has 1 heterocycles. The monoisotopic (exact) mass is 294 g/mol. The normalized spacial score (nSPS) is 12.1. The smallest absolute Gasteiger partial charge is 0.253 e. The second-order valence-corrected chi connectivity index (χ2v) is 4.69. The number of nitrogens with two attached hydrogens (primary N) is 1. The van der Waals surface area contributed by atoms with Gasteiger partial charge in [0, 0.05) is 5.02 Å². The van der Waals surface area contributed by atoms with Crippen LogP contribution in [0.5, 0.6) is 0 Å². The van der Waals surface area contributed by atoms with Gasteiger partial charge in [-0.3, -0.25) is 4.79 Å². The third-order valence-corrected chi connectivity index (χ3v) is 2.93. The summed E-state index contributed by atoms with van der Waals surface area (Å²) < 4.78 is 10.5. The van der Waals surface area contributed by atoms with Crippen molar-refractivity contribution in [3.05, 3.63) is 47.4 Å². The number of furan rings is 1. The van der Waals surface area contributed by atoms with Crippen LogP contribution in [0.15, 0.2) is 41.0 Å². The van der Waals surface area contributed by atoms with Crippen molar-refractivity contribution in [2.45, 2.75) is 19.6 Å². The van der Waals surface area contributed by atoms with E-state index in [1.807, 2.05) is 0 Å². The molecule has 106 valence electrons. The molecule has 5 nitrogen and oxygen atoms in total. The minimum Gasteiger partial charge on any atom is -0.467 e. The first kappa shape index (κ1) is 14.4. The quantitative estimate of drug-likeness (QED) is 0.831. The first-order valence-electron chi connectivity index (χ1n) is 6.06. The Morgan fingerprint density at radius 2 is 2.30 bits per heavy atom. The molecule has 0 aliphatic heterocycles. The molecule has 0 fully saturated rings. The van der Waals surface area contributed by atoms with Crippen LogP contribution in [0.1, 0.15) is 12.7 Å². The number of ether oxygens (including phenoxy) is 1. The molecule has 0 saturated heterocycles. The Labute approximate surface area is 121 Å². The van der Waals surface area contributed by atoms with E-state index in [1.54, 1.807) is 43.5 Å². The van der Waals surface area contributed by atoms with Gasteiger partial charge in [-0.2, -0.15) is 0 Å². The zero-order valence-electron chi connectivity index (χ0n) is 10.9. The molecule has 1 amide bonds. The van der Waals surface area contributed by atoms with Crippen molar-refractivity contribution in [2.75, 3.05) is 11.1 Å². The van der Waals surface area contributed by atoms with Gasteiger partial charge in [0.25, 0.3) is 5.91 Å². The summed E-state index contributed by atoms with van der Waals surface area (Å²) in [6.07, 6.45) is 0.924. The third-order valence-electron chi connectivity index (χ3n) is 2.70. The highest BCUT2D eigenvalue weighted by atomic mass is 35.5. The van der Waals surface area contributed by atoms with E-state index < -0.39 is 6.10 Å². The van der Waals surface area contributed by atoms with Crippen LogP contribution >= 0.6 is 11.6 Å². The van der Waals surface area contributed by atoms with Crippen LogP contribution in [-0.2, 0) is 16.1 Å². The highest BCUT2D eigenvalue weighted by Gasteiger charge is 2.15. The van der Waals surface area contributed by atoms with Crippen molar-refractivity contribution < 1.29 is 13.9 Å². The average molecular weight is 295 g/mol. The topological polar surface area (TPSA) is 77.5 Å². The van der Waals surface area contributed by atoms with E-state index in [1.165, 1.54) is 0 Å². The Bertz CT molecular complexity index is 584. The van der Waals surface area contributed by atoms with Gasteiger partial charge in [-0.25, -0.2) is 0 Å². The molecule has 0 bridgehead atoms. The molecule has 20 heavy (non-hydrogen) atoms. The standard InChI is InChI=1S/C14H15ClN2O3/c1-9(20-8-11-3-2-6-19-11)14(18)17-13-5-4-10(15)7-12(13)16/h2-7,9H,8,16H2,1H3,(H,17,18). The van der Waals surface area contributed by atoms with Gasteiger partial charge in [0.1, 0.15) is 18.5 Å².